The van der Waals surface area contributed by atoms with Gasteiger partial charge in [-0.2, -0.15) is 0 Å². The Balaban J connectivity index is 3.13. The molecule has 0 aliphatic carbocycles. The van der Waals surface area contributed by atoms with Gasteiger partial charge in [-0.15, -0.1) is 0 Å². The molecule has 0 aromatic heterocycles. The molecule has 3 nitrogen and oxygen atoms in total. The van der Waals surface area contributed by atoms with Crippen LogP contribution in [0.15, 0.2) is 12.1 Å². The molecule has 0 saturated carbocycles. The van der Waals surface area contributed by atoms with Gasteiger partial charge in [0, 0.05) is 19.2 Å². The Morgan fingerprint density at radius 2 is 1.94 bits per heavy atom. The van der Waals surface area contributed by atoms with Crippen LogP contribution in [0.1, 0.15) is 19.4 Å². The molecule has 0 fully saturated rings. The van der Waals surface area contributed by atoms with Gasteiger partial charge in [-0.1, -0.05) is 12.2 Å². The lowest BCUT2D eigenvalue weighted by Crippen LogP contribution is -2.36. The summed E-state index contributed by atoms with van der Waals surface area (Å²) >= 11 is 4.62. The fourth-order valence-electron chi connectivity index (χ4n) is 1.69. The first-order valence-electron chi connectivity index (χ1n) is 5.35. The Kier molecular flexibility index (Phi) is 4.24. The summed E-state index contributed by atoms with van der Waals surface area (Å²) in [6.07, 6.45) is 0. The van der Waals surface area contributed by atoms with Gasteiger partial charge in [-0.3, -0.25) is 0 Å². The number of anilines is 1. The molecule has 0 aliphatic heterocycles. The number of rotatable bonds is 4. The average Bonchev–Trinajstić information content (AvgIpc) is 2.18. The van der Waals surface area contributed by atoms with Crippen LogP contribution in [0.25, 0.3) is 0 Å². The highest BCUT2D eigenvalue weighted by Crippen LogP contribution is 2.24. The van der Waals surface area contributed by atoms with Crippen molar-refractivity contribution in [1.82, 2.24) is 0 Å². The Labute approximate surface area is 110 Å². The van der Waals surface area contributed by atoms with Gasteiger partial charge < -0.3 is 15.7 Å². The van der Waals surface area contributed by atoms with Gasteiger partial charge in [-0.25, -0.2) is 8.78 Å². The van der Waals surface area contributed by atoms with Crippen LogP contribution in [0, 0.1) is 11.6 Å². The molecule has 0 unspecified atom stereocenters. The number of aliphatic hydroxyl groups is 1. The second-order valence-electron chi connectivity index (χ2n) is 4.79. The zero-order valence-corrected chi connectivity index (χ0v) is 11.3. The summed E-state index contributed by atoms with van der Waals surface area (Å²) in [7, 11) is 1.57. The van der Waals surface area contributed by atoms with Crippen molar-refractivity contribution in [2.75, 3.05) is 18.5 Å². The molecular weight excluding hydrogens is 258 g/mol. The number of likely N-dealkylation sites (N-methyl/N-ethyl adjacent to an activating group) is 1. The third-order valence-corrected chi connectivity index (χ3v) is 2.58. The summed E-state index contributed by atoms with van der Waals surface area (Å²) in [6.45, 7) is 3.33. The molecule has 6 heteroatoms. The quantitative estimate of drug-likeness (QED) is 0.822. The molecule has 0 amide bonds. The van der Waals surface area contributed by atoms with Crippen molar-refractivity contribution in [1.29, 1.82) is 0 Å². The van der Waals surface area contributed by atoms with Gasteiger partial charge in [0.1, 0.15) is 4.99 Å². The highest BCUT2D eigenvalue weighted by atomic mass is 32.1. The van der Waals surface area contributed by atoms with Crippen LogP contribution in [-0.4, -0.2) is 29.3 Å². The SMILES string of the molecule is CN(CC(C)(C)O)c1ccc(C(N)=S)c(F)c1F. The van der Waals surface area contributed by atoms with Gasteiger partial charge in [-0.05, 0) is 26.0 Å². The molecule has 0 radical (unpaired) electrons. The number of nitrogens with zero attached hydrogens (tertiary/aromatic N) is 1. The highest BCUT2D eigenvalue weighted by Gasteiger charge is 2.21. The van der Waals surface area contributed by atoms with E-state index in [0.29, 0.717) is 0 Å². The van der Waals surface area contributed by atoms with Crippen molar-refractivity contribution in [2.45, 2.75) is 19.4 Å². The van der Waals surface area contributed by atoms with Gasteiger partial charge in [0.25, 0.3) is 0 Å². The van der Waals surface area contributed by atoms with Gasteiger partial charge in [0.15, 0.2) is 11.6 Å². The minimum atomic E-state index is -1.07. The standard InChI is InChI=1S/C12H16F2N2OS/c1-12(2,17)6-16(3)8-5-4-7(11(15)18)9(13)10(8)14/h4-5,17H,6H2,1-3H3,(H2,15,18). The molecule has 0 aliphatic rings. The lowest BCUT2D eigenvalue weighted by Gasteiger charge is -2.27. The maximum absolute atomic E-state index is 13.8. The third kappa shape index (κ3) is 3.36. The summed E-state index contributed by atoms with van der Waals surface area (Å²) < 4.78 is 27.5. The predicted molar refractivity (Wildman–Crippen MR) is 71.8 cm³/mol. The monoisotopic (exact) mass is 274 g/mol. The third-order valence-electron chi connectivity index (χ3n) is 2.36. The summed E-state index contributed by atoms with van der Waals surface area (Å²) in [5.41, 5.74) is 4.20. The number of thiocarbonyl (C=S) groups is 1. The molecule has 0 atom stereocenters. The van der Waals surface area contributed by atoms with E-state index < -0.39 is 17.2 Å². The van der Waals surface area contributed by atoms with Crippen LogP contribution in [0.2, 0.25) is 0 Å². The summed E-state index contributed by atoms with van der Waals surface area (Å²) in [6, 6.07) is 2.72. The van der Waals surface area contributed by atoms with Gasteiger partial charge in [0.05, 0.1) is 11.3 Å². The molecular formula is C12H16F2N2OS. The highest BCUT2D eigenvalue weighted by molar-refractivity contribution is 7.80. The smallest absolute Gasteiger partial charge is 0.182 e. The van der Waals surface area contributed by atoms with Crippen LogP contribution in [-0.2, 0) is 0 Å². The Hall–Kier alpha value is -1.27. The molecule has 0 heterocycles. The molecule has 0 spiro atoms. The van der Waals surface area contributed by atoms with E-state index >= 15 is 0 Å². The minimum Gasteiger partial charge on any atom is -0.389 e. The largest absolute Gasteiger partial charge is 0.389 e. The molecule has 0 saturated heterocycles. The molecule has 100 valence electrons. The maximum atomic E-state index is 13.8. The van der Waals surface area contributed by atoms with E-state index in [1.54, 1.807) is 20.9 Å². The number of benzene rings is 1. The zero-order chi connectivity index (χ0) is 14.1. The molecule has 1 rings (SSSR count). The van der Waals surface area contributed by atoms with Crippen LogP contribution in [0.4, 0.5) is 14.5 Å². The zero-order valence-electron chi connectivity index (χ0n) is 10.5. The van der Waals surface area contributed by atoms with Crippen LogP contribution >= 0.6 is 12.2 Å². The normalized spacial score (nSPS) is 11.4. The van der Waals surface area contributed by atoms with E-state index in [-0.39, 0.29) is 22.8 Å². The van der Waals surface area contributed by atoms with Crippen molar-refractivity contribution in [3.05, 3.63) is 29.3 Å². The second kappa shape index (κ2) is 5.16. The second-order valence-corrected chi connectivity index (χ2v) is 5.23. The summed E-state index contributed by atoms with van der Waals surface area (Å²) in [5, 5.41) is 9.65. The molecule has 1 aromatic carbocycles. The fraction of sp³-hybridized carbons (Fsp3) is 0.417. The van der Waals surface area contributed by atoms with E-state index in [4.69, 9.17) is 5.73 Å². The lowest BCUT2D eigenvalue weighted by atomic mass is 10.1. The van der Waals surface area contributed by atoms with E-state index in [1.165, 1.54) is 17.0 Å². The number of nitrogens with two attached hydrogens (primary N) is 1. The van der Waals surface area contributed by atoms with Crippen molar-refractivity contribution in [3.63, 3.8) is 0 Å². The first-order chi connectivity index (χ1) is 8.13. The maximum Gasteiger partial charge on any atom is 0.182 e. The summed E-state index contributed by atoms with van der Waals surface area (Å²) in [4.78, 5) is 1.24. The minimum absolute atomic E-state index is 0.0506. The summed E-state index contributed by atoms with van der Waals surface area (Å²) in [5.74, 6) is -2.09. The van der Waals surface area contributed by atoms with Crippen LogP contribution in [0.5, 0.6) is 0 Å². The van der Waals surface area contributed by atoms with Crippen molar-refractivity contribution < 1.29 is 13.9 Å². The van der Waals surface area contributed by atoms with Gasteiger partial charge >= 0.3 is 0 Å². The Morgan fingerprint density at radius 3 is 2.39 bits per heavy atom. The molecule has 3 N–H and O–H groups in total. The number of hydrogen-bond acceptors (Lipinski definition) is 3. The molecule has 0 bridgehead atoms. The first kappa shape index (κ1) is 14.8. The molecule has 18 heavy (non-hydrogen) atoms. The number of halogens is 2. The lowest BCUT2D eigenvalue weighted by molar-refractivity contribution is 0.0884. The van der Waals surface area contributed by atoms with Crippen molar-refractivity contribution in [2.24, 2.45) is 5.73 Å². The van der Waals surface area contributed by atoms with Crippen LogP contribution < -0.4 is 10.6 Å². The van der Waals surface area contributed by atoms with E-state index in [1.807, 2.05) is 0 Å². The van der Waals surface area contributed by atoms with E-state index in [2.05, 4.69) is 12.2 Å². The fourth-order valence-corrected chi connectivity index (χ4v) is 1.85. The van der Waals surface area contributed by atoms with Crippen molar-refractivity contribution >= 4 is 22.9 Å². The Morgan fingerprint density at radius 1 is 1.39 bits per heavy atom. The van der Waals surface area contributed by atoms with E-state index in [9.17, 15) is 13.9 Å². The van der Waals surface area contributed by atoms with Crippen molar-refractivity contribution in [3.8, 4) is 0 Å². The number of hydrogen-bond donors (Lipinski definition) is 2. The van der Waals surface area contributed by atoms with Gasteiger partial charge in [0.2, 0.25) is 0 Å². The molecule has 1 aromatic rings. The average molecular weight is 274 g/mol. The topological polar surface area (TPSA) is 49.5 Å². The Bertz CT molecular complexity index is 472. The van der Waals surface area contributed by atoms with E-state index in [0.717, 1.165) is 0 Å². The van der Waals surface area contributed by atoms with Crippen LogP contribution in [0.3, 0.4) is 0 Å². The first-order valence-corrected chi connectivity index (χ1v) is 5.75. The predicted octanol–water partition coefficient (Wildman–Crippen LogP) is 1.81.